The summed E-state index contributed by atoms with van der Waals surface area (Å²) in [6, 6.07) is 13.2. The first kappa shape index (κ1) is 20.0. The molecule has 0 bridgehead atoms. The molecular formula is C23H20FN3O2S. The molecule has 30 heavy (non-hydrogen) atoms. The van der Waals surface area contributed by atoms with E-state index in [1.165, 1.54) is 12.3 Å². The Hall–Kier alpha value is -3.32. The largest absolute Gasteiger partial charge is 0.436 e. The summed E-state index contributed by atoms with van der Waals surface area (Å²) in [5.74, 6) is -0.0663. The summed E-state index contributed by atoms with van der Waals surface area (Å²) in [4.78, 5) is 22.7. The molecule has 1 atom stereocenters. The minimum atomic E-state index is -0.393. The molecule has 0 aliphatic heterocycles. The standard InChI is InChI=1S/C23H20FN3O2S/c1-13-21(30-15(3)26-13)14(2)27-22(28)16-8-4-5-9-17(16)23-25-12-20(29-23)18-10-6-7-11-19(18)24/h4-12,14H,1-3H3,(H,27,28). The average molecular weight is 421 g/mol. The summed E-state index contributed by atoms with van der Waals surface area (Å²) < 4.78 is 19.9. The van der Waals surface area contributed by atoms with Crippen molar-refractivity contribution in [3.63, 3.8) is 0 Å². The molecule has 0 spiro atoms. The highest BCUT2D eigenvalue weighted by Crippen LogP contribution is 2.30. The first-order valence-electron chi connectivity index (χ1n) is 9.49. The maximum absolute atomic E-state index is 14.1. The number of carbonyl (C=O) groups is 1. The molecule has 2 aromatic heterocycles. The van der Waals surface area contributed by atoms with Gasteiger partial charge < -0.3 is 9.73 Å². The second-order valence-corrected chi connectivity index (χ2v) is 8.17. The van der Waals surface area contributed by atoms with Gasteiger partial charge in [-0.25, -0.2) is 14.4 Å². The molecule has 0 saturated carbocycles. The maximum Gasteiger partial charge on any atom is 0.252 e. The van der Waals surface area contributed by atoms with Crippen LogP contribution < -0.4 is 5.32 Å². The first-order chi connectivity index (χ1) is 14.4. The number of rotatable bonds is 5. The highest BCUT2D eigenvalue weighted by molar-refractivity contribution is 7.11. The Bertz CT molecular complexity index is 1210. The van der Waals surface area contributed by atoms with Crippen LogP contribution in [0.4, 0.5) is 4.39 Å². The SMILES string of the molecule is Cc1nc(C)c(C(C)NC(=O)c2ccccc2-c2ncc(-c3ccccc3F)o2)s1. The normalized spacial score (nSPS) is 12.0. The summed E-state index contributed by atoms with van der Waals surface area (Å²) >= 11 is 1.57. The van der Waals surface area contributed by atoms with E-state index in [0.717, 1.165) is 15.6 Å². The number of oxazole rings is 1. The van der Waals surface area contributed by atoms with Crippen molar-refractivity contribution in [2.24, 2.45) is 0 Å². The number of nitrogens with zero attached hydrogens (tertiary/aromatic N) is 2. The lowest BCUT2D eigenvalue weighted by atomic mass is 10.1. The predicted molar refractivity (Wildman–Crippen MR) is 115 cm³/mol. The third-order valence-corrected chi connectivity index (χ3v) is 5.98. The maximum atomic E-state index is 14.1. The topological polar surface area (TPSA) is 68.0 Å². The molecule has 0 aliphatic carbocycles. The number of benzene rings is 2. The zero-order chi connectivity index (χ0) is 21.3. The molecule has 152 valence electrons. The minimum absolute atomic E-state index is 0.185. The van der Waals surface area contributed by atoms with E-state index in [1.807, 2.05) is 20.8 Å². The molecular weight excluding hydrogens is 401 g/mol. The lowest BCUT2D eigenvalue weighted by molar-refractivity contribution is 0.0941. The third kappa shape index (κ3) is 3.89. The third-order valence-electron chi connectivity index (χ3n) is 4.73. The molecule has 1 amide bonds. The molecule has 4 rings (SSSR count). The van der Waals surface area contributed by atoms with Gasteiger partial charge in [-0.2, -0.15) is 0 Å². The summed E-state index contributed by atoms with van der Waals surface area (Å²) in [7, 11) is 0. The summed E-state index contributed by atoms with van der Waals surface area (Å²) in [5.41, 5.74) is 2.22. The van der Waals surface area contributed by atoms with E-state index in [0.29, 0.717) is 22.5 Å². The number of hydrogen-bond donors (Lipinski definition) is 1. The molecule has 7 heteroatoms. The smallest absolute Gasteiger partial charge is 0.252 e. The fourth-order valence-corrected chi connectivity index (χ4v) is 4.27. The predicted octanol–water partition coefficient (Wildman–Crippen LogP) is 5.71. The van der Waals surface area contributed by atoms with Crippen molar-refractivity contribution >= 4 is 17.2 Å². The van der Waals surface area contributed by atoms with E-state index in [-0.39, 0.29) is 17.8 Å². The van der Waals surface area contributed by atoms with Crippen LogP contribution in [0.5, 0.6) is 0 Å². The van der Waals surface area contributed by atoms with Crippen LogP contribution in [0.15, 0.2) is 59.1 Å². The van der Waals surface area contributed by atoms with E-state index >= 15 is 0 Å². The quantitative estimate of drug-likeness (QED) is 0.448. The van der Waals surface area contributed by atoms with Crippen molar-refractivity contribution in [1.82, 2.24) is 15.3 Å². The van der Waals surface area contributed by atoms with Gasteiger partial charge in [-0.3, -0.25) is 4.79 Å². The molecule has 0 saturated heterocycles. The highest BCUT2D eigenvalue weighted by Gasteiger charge is 2.21. The Morgan fingerprint density at radius 2 is 1.80 bits per heavy atom. The molecule has 5 nitrogen and oxygen atoms in total. The zero-order valence-electron chi connectivity index (χ0n) is 16.8. The van der Waals surface area contributed by atoms with Gasteiger partial charge in [0, 0.05) is 10.4 Å². The molecule has 0 aliphatic rings. The van der Waals surface area contributed by atoms with Crippen molar-refractivity contribution in [2.45, 2.75) is 26.8 Å². The van der Waals surface area contributed by atoms with Crippen LogP contribution in [0, 0.1) is 19.7 Å². The number of aromatic nitrogens is 2. The van der Waals surface area contributed by atoms with E-state index in [9.17, 15) is 9.18 Å². The van der Waals surface area contributed by atoms with Gasteiger partial charge in [0.1, 0.15) is 5.82 Å². The average Bonchev–Trinajstić information content (AvgIpc) is 3.34. The zero-order valence-corrected chi connectivity index (χ0v) is 17.6. The Morgan fingerprint density at radius 3 is 2.50 bits per heavy atom. The number of thiazole rings is 1. The molecule has 1 N–H and O–H groups in total. The van der Waals surface area contributed by atoms with Crippen molar-refractivity contribution in [3.05, 3.63) is 81.7 Å². The van der Waals surface area contributed by atoms with Gasteiger partial charge in [-0.1, -0.05) is 24.3 Å². The van der Waals surface area contributed by atoms with Crippen molar-refractivity contribution < 1.29 is 13.6 Å². The number of aryl methyl sites for hydroxylation is 2. The van der Waals surface area contributed by atoms with Gasteiger partial charge in [0.05, 0.1) is 34.1 Å². The molecule has 2 aromatic carbocycles. The van der Waals surface area contributed by atoms with Crippen LogP contribution in [0.3, 0.4) is 0 Å². The van der Waals surface area contributed by atoms with E-state index in [4.69, 9.17) is 4.42 Å². The van der Waals surface area contributed by atoms with Crippen LogP contribution in [0.2, 0.25) is 0 Å². The molecule has 0 radical (unpaired) electrons. The van der Waals surface area contributed by atoms with Crippen LogP contribution in [-0.2, 0) is 0 Å². The number of carbonyl (C=O) groups excluding carboxylic acids is 1. The van der Waals surface area contributed by atoms with Crippen molar-refractivity contribution in [1.29, 1.82) is 0 Å². The summed E-state index contributed by atoms with van der Waals surface area (Å²) in [6.45, 7) is 5.81. The Morgan fingerprint density at radius 1 is 1.10 bits per heavy atom. The Balaban J connectivity index is 1.62. The van der Waals surface area contributed by atoms with Crippen LogP contribution >= 0.6 is 11.3 Å². The van der Waals surface area contributed by atoms with Crippen molar-refractivity contribution in [3.8, 4) is 22.8 Å². The first-order valence-corrected chi connectivity index (χ1v) is 10.3. The Labute approximate surface area is 177 Å². The monoisotopic (exact) mass is 421 g/mol. The summed E-state index contributed by atoms with van der Waals surface area (Å²) in [6.07, 6.45) is 1.47. The molecule has 0 fully saturated rings. The second-order valence-electron chi connectivity index (χ2n) is 6.93. The number of halogens is 1. The van der Waals surface area contributed by atoms with Crippen LogP contribution in [0.25, 0.3) is 22.8 Å². The number of nitrogens with one attached hydrogen (secondary N) is 1. The van der Waals surface area contributed by atoms with Crippen LogP contribution in [-0.4, -0.2) is 15.9 Å². The van der Waals surface area contributed by atoms with E-state index in [1.54, 1.807) is 53.8 Å². The van der Waals surface area contributed by atoms with Gasteiger partial charge in [0.15, 0.2) is 5.76 Å². The molecule has 2 heterocycles. The molecule has 4 aromatic rings. The van der Waals surface area contributed by atoms with Crippen molar-refractivity contribution in [2.75, 3.05) is 0 Å². The number of hydrogen-bond acceptors (Lipinski definition) is 5. The second kappa shape index (κ2) is 8.20. The Kier molecular flexibility index (Phi) is 5.46. The van der Waals surface area contributed by atoms with Gasteiger partial charge in [-0.05, 0) is 45.0 Å². The fourth-order valence-electron chi connectivity index (χ4n) is 3.34. The van der Waals surface area contributed by atoms with Gasteiger partial charge in [-0.15, -0.1) is 11.3 Å². The lowest BCUT2D eigenvalue weighted by Crippen LogP contribution is -2.27. The summed E-state index contributed by atoms with van der Waals surface area (Å²) in [5, 5.41) is 3.99. The van der Waals surface area contributed by atoms with Crippen LogP contribution in [0.1, 0.15) is 38.9 Å². The molecule has 1 unspecified atom stereocenters. The van der Waals surface area contributed by atoms with E-state index < -0.39 is 5.82 Å². The minimum Gasteiger partial charge on any atom is -0.436 e. The lowest BCUT2D eigenvalue weighted by Gasteiger charge is -2.14. The van der Waals surface area contributed by atoms with Gasteiger partial charge in [0.25, 0.3) is 5.91 Å². The van der Waals surface area contributed by atoms with Gasteiger partial charge in [0.2, 0.25) is 5.89 Å². The fraction of sp³-hybridized carbons (Fsp3) is 0.174. The number of amides is 1. The van der Waals surface area contributed by atoms with Gasteiger partial charge >= 0.3 is 0 Å². The van der Waals surface area contributed by atoms with E-state index in [2.05, 4.69) is 15.3 Å². The highest BCUT2D eigenvalue weighted by atomic mass is 32.1.